The van der Waals surface area contributed by atoms with Crippen LogP contribution in [0.3, 0.4) is 0 Å². The first-order chi connectivity index (χ1) is 8.65. The maximum atomic E-state index is 12.0. The molecule has 0 bridgehead atoms. The van der Waals surface area contributed by atoms with Crippen LogP contribution in [0.1, 0.15) is 36.0 Å². The molecule has 3 nitrogen and oxygen atoms in total. The third kappa shape index (κ3) is 2.99. The molecule has 1 aliphatic carbocycles. The van der Waals surface area contributed by atoms with Crippen molar-refractivity contribution in [3.05, 3.63) is 29.8 Å². The van der Waals surface area contributed by atoms with Crippen LogP contribution in [0.15, 0.2) is 24.3 Å². The summed E-state index contributed by atoms with van der Waals surface area (Å²) in [6.07, 6.45) is 7.01. The van der Waals surface area contributed by atoms with Crippen LogP contribution in [0.4, 0.5) is 0 Å². The van der Waals surface area contributed by atoms with Crippen LogP contribution in [-0.2, 0) is 0 Å². The number of aromatic hydroxyl groups is 1. The third-order valence-electron chi connectivity index (χ3n) is 3.65. The van der Waals surface area contributed by atoms with Crippen LogP contribution in [0.5, 0.6) is 5.75 Å². The highest BCUT2D eigenvalue weighted by atomic mass is 32.2. The van der Waals surface area contributed by atoms with E-state index in [0.29, 0.717) is 5.56 Å². The second-order valence-corrected chi connectivity index (χ2v) is 6.10. The zero-order chi connectivity index (χ0) is 13.0. The van der Waals surface area contributed by atoms with E-state index in [9.17, 15) is 9.90 Å². The minimum atomic E-state index is -0.0599. The maximum absolute atomic E-state index is 12.0. The molecule has 0 radical (unpaired) electrons. The van der Waals surface area contributed by atoms with Crippen molar-refractivity contribution in [3.63, 3.8) is 0 Å². The molecular weight excluding hydrogens is 246 g/mol. The number of amides is 1. The second-order valence-electron chi connectivity index (χ2n) is 4.82. The number of rotatable bonds is 4. The Kier molecular flexibility index (Phi) is 4.17. The largest absolute Gasteiger partial charge is 0.508 e. The summed E-state index contributed by atoms with van der Waals surface area (Å²) in [6.45, 7) is 0.730. The molecule has 0 unspecified atom stereocenters. The van der Waals surface area contributed by atoms with Crippen LogP contribution in [0.2, 0.25) is 0 Å². The van der Waals surface area contributed by atoms with Crippen LogP contribution < -0.4 is 5.32 Å². The molecule has 0 heterocycles. The SMILES string of the molecule is CSC1(CNC(=O)c2ccc(O)cc2)CCCC1. The van der Waals surface area contributed by atoms with E-state index in [2.05, 4.69) is 11.6 Å². The Hall–Kier alpha value is -1.16. The number of nitrogens with one attached hydrogen (secondary N) is 1. The lowest BCUT2D eigenvalue weighted by atomic mass is 10.1. The fraction of sp³-hybridized carbons (Fsp3) is 0.500. The normalized spacial score (nSPS) is 17.6. The van der Waals surface area contributed by atoms with Crippen molar-refractivity contribution in [2.24, 2.45) is 0 Å². The second kappa shape index (κ2) is 5.65. The van der Waals surface area contributed by atoms with E-state index in [-0.39, 0.29) is 16.4 Å². The third-order valence-corrected chi connectivity index (χ3v) is 5.07. The average molecular weight is 265 g/mol. The molecule has 1 amide bonds. The Morgan fingerprint density at radius 1 is 1.33 bits per heavy atom. The molecule has 0 saturated heterocycles. The first-order valence-electron chi connectivity index (χ1n) is 6.28. The molecule has 1 fully saturated rings. The van der Waals surface area contributed by atoms with Gasteiger partial charge >= 0.3 is 0 Å². The molecule has 1 saturated carbocycles. The Morgan fingerprint density at radius 2 is 1.94 bits per heavy atom. The average Bonchev–Trinajstić information content (AvgIpc) is 2.86. The summed E-state index contributed by atoms with van der Waals surface area (Å²) in [5, 5.41) is 12.2. The standard InChI is InChI=1S/C14H19NO2S/c1-18-14(8-2-3-9-14)10-15-13(17)11-4-6-12(16)7-5-11/h4-7,16H,2-3,8-10H2,1H3,(H,15,17). The van der Waals surface area contributed by atoms with Crippen molar-refractivity contribution in [3.8, 4) is 5.75 Å². The predicted octanol–water partition coefficient (Wildman–Crippen LogP) is 2.80. The van der Waals surface area contributed by atoms with Gasteiger partial charge in [0, 0.05) is 16.9 Å². The van der Waals surface area contributed by atoms with Crippen molar-refractivity contribution in [1.82, 2.24) is 5.32 Å². The van der Waals surface area contributed by atoms with Gasteiger partial charge in [-0.25, -0.2) is 0 Å². The molecule has 18 heavy (non-hydrogen) atoms. The van der Waals surface area contributed by atoms with Gasteiger partial charge in [0.15, 0.2) is 0 Å². The molecule has 1 aliphatic rings. The van der Waals surface area contributed by atoms with E-state index in [1.54, 1.807) is 12.1 Å². The van der Waals surface area contributed by atoms with Crippen LogP contribution in [-0.4, -0.2) is 28.6 Å². The fourth-order valence-corrected chi connectivity index (χ4v) is 3.34. The summed E-state index contributed by atoms with van der Waals surface area (Å²) in [5.41, 5.74) is 0.599. The molecule has 0 spiro atoms. The fourth-order valence-electron chi connectivity index (χ4n) is 2.43. The molecule has 1 aromatic carbocycles. The molecular formula is C14H19NO2S. The molecule has 98 valence electrons. The van der Waals surface area contributed by atoms with Gasteiger partial charge in [0.25, 0.3) is 5.91 Å². The Bertz CT molecular complexity index is 410. The summed E-state index contributed by atoms with van der Waals surface area (Å²) < 4.78 is 0.229. The number of thioether (sulfide) groups is 1. The van der Waals surface area contributed by atoms with Gasteiger partial charge in [0.2, 0.25) is 0 Å². The highest BCUT2D eigenvalue weighted by Crippen LogP contribution is 2.39. The topological polar surface area (TPSA) is 49.3 Å². The number of hydrogen-bond donors (Lipinski definition) is 2. The highest BCUT2D eigenvalue weighted by molar-refractivity contribution is 8.00. The summed E-state index contributed by atoms with van der Waals surface area (Å²) in [7, 11) is 0. The number of carbonyl (C=O) groups is 1. The van der Waals surface area contributed by atoms with Crippen molar-refractivity contribution >= 4 is 17.7 Å². The summed E-state index contributed by atoms with van der Waals surface area (Å²) in [4.78, 5) is 12.0. The number of phenols is 1. The molecule has 0 atom stereocenters. The van der Waals surface area contributed by atoms with Gasteiger partial charge in [0.05, 0.1) is 0 Å². The molecule has 0 aliphatic heterocycles. The lowest BCUT2D eigenvalue weighted by Gasteiger charge is -2.26. The van der Waals surface area contributed by atoms with Crippen molar-refractivity contribution in [1.29, 1.82) is 0 Å². The van der Waals surface area contributed by atoms with Gasteiger partial charge in [-0.05, 0) is 43.4 Å². The number of benzene rings is 1. The number of carbonyl (C=O) groups excluding carboxylic acids is 1. The van der Waals surface area contributed by atoms with Gasteiger partial charge in [-0.15, -0.1) is 0 Å². The zero-order valence-corrected chi connectivity index (χ0v) is 11.4. The van der Waals surface area contributed by atoms with Crippen LogP contribution in [0.25, 0.3) is 0 Å². The highest BCUT2D eigenvalue weighted by Gasteiger charge is 2.33. The smallest absolute Gasteiger partial charge is 0.251 e. The minimum absolute atomic E-state index is 0.0599. The summed E-state index contributed by atoms with van der Waals surface area (Å²) >= 11 is 1.86. The van der Waals surface area contributed by atoms with Crippen molar-refractivity contribution in [2.45, 2.75) is 30.4 Å². The first-order valence-corrected chi connectivity index (χ1v) is 7.50. The van der Waals surface area contributed by atoms with E-state index < -0.39 is 0 Å². The summed E-state index contributed by atoms with van der Waals surface area (Å²) in [6, 6.07) is 6.36. The number of hydrogen-bond acceptors (Lipinski definition) is 3. The Labute approximate surface area is 112 Å². The maximum Gasteiger partial charge on any atom is 0.251 e. The predicted molar refractivity (Wildman–Crippen MR) is 75.2 cm³/mol. The van der Waals surface area contributed by atoms with E-state index in [0.717, 1.165) is 6.54 Å². The zero-order valence-electron chi connectivity index (χ0n) is 10.6. The van der Waals surface area contributed by atoms with E-state index >= 15 is 0 Å². The molecule has 2 N–H and O–H groups in total. The van der Waals surface area contributed by atoms with Crippen molar-refractivity contribution < 1.29 is 9.90 Å². The monoisotopic (exact) mass is 265 g/mol. The Morgan fingerprint density at radius 3 is 2.50 bits per heavy atom. The molecule has 1 aromatic rings. The van der Waals surface area contributed by atoms with Gasteiger partial charge in [-0.3, -0.25) is 4.79 Å². The first kappa shape index (κ1) is 13.3. The van der Waals surface area contributed by atoms with Crippen LogP contribution in [0, 0.1) is 0 Å². The Balaban J connectivity index is 1.93. The van der Waals surface area contributed by atoms with Crippen LogP contribution >= 0.6 is 11.8 Å². The minimum Gasteiger partial charge on any atom is -0.508 e. The van der Waals surface area contributed by atoms with Gasteiger partial charge in [0.1, 0.15) is 5.75 Å². The lowest BCUT2D eigenvalue weighted by Crippen LogP contribution is -2.38. The van der Waals surface area contributed by atoms with E-state index in [1.165, 1.54) is 37.8 Å². The van der Waals surface area contributed by atoms with Gasteiger partial charge in [-0.2, -0.15) is 11.8 Å². The quantitative estimate of drug-likeness (QED) is 0.880. The summed E-state index contributed by atoms with van der Waals surface area (Å²) in [5.74, 6) is 0.123. The van der Waals surface area contributed by atoms with E-state index in [4.69, 9.17) is 0 Å². The lowest BCUT2D eigenvalue weighted by molar-refractivity contribution is 0.0949. The molecule has 2 rings (SSSR count). The van der Waals surface area contributed by atoms with Gasteiger partial charge < -0.3 is 10.4 Å². The molecule has 0 aromatic heterocycles. The van der Waals surface area contributed by atoms with Crippen molar-refractivity contribution in [2.75, 3.05) is 12.8 Å². The number of phenolic OH excluding ortho intramolecular Hbond substituents is 1. The molecule has 4 heteroatoms. The van der Waals surface area contributed by atoms with E-state index in [1.807, 2.05) is 11.8 Å². The van der Waals surface area contributed by atoms with Gasteiger partial charge in [-0.1, -0.05) is 12.8 Å².